The number of carbonyl (C=O) groups excluding carboxylic acids is 1. The number of fused-ring (bicyclic) bond motifs is 1. The number of nitrogens with one attached hydrogen (secondary N) is 2. The summed E-state index contributed by atoms with van der Waals surface area (Å²) in [6.45, 7) is 0. The smallest absolute Gasteiger partial charge is 0.257 e. The number of rotatable bonds is 0. The third-order valence-corrected chi connectivity index (χ3v) is 2.03. The van der Waals surface area contributed by atoms with Crippen LogP contribution >= 0.6 is 11.6 Å². The molecular weight excluding hydrogens is 194 g/mol. The minimum absolute atomic E-state index is 0.00838. The molecule has 0 aliphatic carbocycles. The Labute approximate surface area is 78.1 Å². The standard InChI is InChI=1S/C7H6ClN3O2/c8-7-10-5-3(6(13)11-7)1-2-4(12)9-5/h1-2H2,(H2,9,10,11,12,13). The Hall–Kier alpha value is -1.36. The van der Waals surface area contributed by atoms with Gasteiger partial charge in [-0.1, -0.05) is 0 Å². The molecule has 68 valence electrons. The Morgan fingerprint density at radius 1 is 1.31 bits per heavy atom. The SMILES string of the molecule is O=C1CCc2c(nc(Cl)[nH]c2=O)N1. The lowest BCUT2D eigenvalue weighted by Gasteiger charge is -2.13. The number of hydrogen-bond acceptors (Lipinski definition) is 3. The second-order valence-electron chi connectivity index (χ2n) is 2.73. The summed E-state index contributed by atoms with van der Waals surface area (Å²) in [7, 11) is 0. The molecule has 1 aliphatic rings. The second kappa shape index (κ2) is 2.85. The number of aromatic nitrogens is 2. The summed E-state index contributed by atoms with van der Waals surface area (Å²) >= 11 is 5.51. The van der Waals surface area contributed by atoms with Gasteiger partial charge in [0.1, 0.15) is 5.82 Å². The van der Waals surface area contributed by atoms with Crippen molar-refractivity contribution in [3.05, 3.63) is 21.2 Å². The van der Waals surface area contributed by atoms with Gasteiger partial charge in [-0.05, 0) is 18.0 Å². The van der Waals surface area contributed by atoms with Crippen LogP contribution in [0.1, 0.15) is 12.0 Å². The van der Waals surface area contributed by atoms with Gasteiger partial charge in [0, 0.05) is 6.42 Å². The van der Waals surface area contributed by atoms with Crippen molar-refractivity contribution in [1.29, 1.82) is 0 Å². The summed E-state index contributed by atoms with van der Waals surface area (Å²) in [6.07, 6.45) is 0.736. The van der Waals surface area contributed by atoms with Crippen LogP contribution in [0.5, 0.6) is 0 Å². The summed E-state index contributed by atoms with van der Waals surface area (Å²) in [5, 5.41) is 2.48. The topological polar surface area (TPSA) is 74.8 Å². The number of amides is 1. The predicted molar refractivity (Wildman–Crippen MR) is 46.8 cm³/mol. The molecule has 6 heteroatoms. The summed E-state index contributed by atoms with van der Waals surface area (Å²) in [5.74, 6) is 0.145. The summed E-state index contributed by atoms with van der Waals surface area (Å²) < 4.78 is 0. The van der Waals surface area contributed by atoms with Crippen LogP contribution in [0.25, 0.3) is 0 Å². The number of anilines is 1. The van der Waals surface area contributed by atoms with Crippen molar-refractivity contribution >= 4 is 23.3 Å². The van der Waals surface area contributed by atoms with E-state index in [1.165, 1.54) is 0 Å². The lowest BCUT2D eigenvalue weighted by Crippen LogP contribution is -2.27. The number of halogens is 1. The van der Waals surface area contributed by atoms with Crippen molar-refractivity contribution in [3.8, 4) is 0 Å². The summed E-state index contributed by atoms with van der Waals surface area (Å²) in [5.41, 5.74) is 0.207. The van der Waals surface area contributed by atoms with Crippen LogP contribution in [0.2, 0.25) is 5.28 Å². The quantitative estimate of drug-likeness (QED) is 0.591. The molecule has 0 atom stereocenters. The van der Waals surface area contributed by atoms with Crippen molar-refractivity contribution in [1.82, 2.24) is 9.97 Å². The average molecular weight is 200 g/mol. The molecule has 1 aromatic rings. The van der Waals surface area contributed by atoms with Crippen molar-refractivity contribution in [2.75, 3.05) is 5.32 Å². The minimum Gasteiger partial charge on any atom is -0.310 e. The van der Waals surface area contributed by atoms with Gasteiger partial charge < -0.3 is 5.32 Å². The molecule has 2 N–H and O–H groups in total. The van der Waals surface area contributed by atoms with E-state index in [1.807, 2.05) is 0 Å². The van der Waals surface area contributed by atoms with E-state index in [2.05, 4.69) is 15.3 Å². The van der Waals surface area contributed by atoms with E-state index in [0.717, 1.165) is 0 Å². The number of hydrogen-bond donors (Lipinski definition) is 2. The Kier molecular flexibility index (Phi) is 1.81. The van der Waals surface area contributed by atoms with Crippen LogP contribution in [-0.4, -0.2) is 15.9 Å². The number of nitrogens with zero attached hydrogens (tertiary/aromatic N) is 1. The Morgan fingerprint density at radius 2 is 2.08 bits per heavy atom. The Morgan fingerprint density at radius 3 is 2.85 bits per heavy atom. The first-order valence-corrected chi connectivity index (χ1v) is 4.13. The molecule has 0 bridgehead atoms. The number of H-pyrrole nitrogens is 1. The van der Waals surface area contributed by atoms with Crippen LogP contribution in [-0.2, 0) is 11.2 Å². The summed E-state index contributed by atoms with van der Waals surface area (Å²) in [6, 6.07) is 0. The minimum atomic E-state index is -0.282. The van der Waals surface area contributed by atoms with E-state index in [-0.39, 0.29) is 22.6 Å². The first kappa shape index (κ1) is 8.25. The number of carbonyl (C=O) groups is 1. The lowest BCUT2D eigenvalue weighted by atomic mass is 10.1. The lowest BCUT2D eigenvalue weighted by molar-refractivity contribution is -0.116. The van der Waals surface area contributed by atoms with Gasteiger partial charge in [0.2, 0.25) is 11.2 Å². The van der Waals surface area contributed by atoms with Crippen molar-refractivity contribution < 1.29 is 4.79 Å². The fourth-order valence-corrected chi connectivity index (χ4v) is 1.41. The van der Waals surface area contributed by atoms with Gasteiger partial charge >= 0.3 is 0 Å². The van der Waals surface area contributed by atoms with Crippen molar-refractivity contribution in [3.63, 3.8) is 0 Å². The largest absolute Gasteiger partial charge is 0.310 e. The van der Waals surface area contributed by atoms with Crippen LogP contribution in [0.3, 0.4) is 0 Å². The van der Waals surface area contributed by atoms with Crippen LogP contribution in [0.4, 0.5) is 5.82 Å². The molecule has 0 fully saturated rings. The maximum Gasteiger partial charge on any atom is 0.257 e. The zero-order chi connectivity index (χ0) is 9.42. The molecule has 0 saturated heterocycles. The van der Waals surface area contributed by atoms with Gasteiger partial charge in [-0.15, -0.1) is 0 Å². The van der Waals surface area contributed by atoms with E-state index >= 15 is 0 Å². The molecule has 0 spiro atoms. The van der Waals surface area contributed by atoms with Gasteiger partial charge in [0.15, 0.2) is 0 Å². The molecular formula is C7H6ClN3O2. The fraction of sp³-hybridized carbons (Fsp3) is 0.286. The van der Waals surface area contributed by atoms with Gasteiger partial charge in [-0.2, -0.15) is 0 Å². The second-order valence-corrected chi connectivity index (χ2v) is 3.09. The highest BCUT2D eigenvalue weighted by molar-refractivity contribution is 6.28. The average Bonchev–Trinajstić information content (AvgIpc) is 2.02. The molecule has 0 radical (unpaired) electrons. The normalized spacial score (nSPS) is 15.0. The Balaban J connectivity index is 2.59. The highest BCUT2D eigenvalue weighted by Gasteiger charge is 2.19. The Bertz CT molecular complexity index is 426. The van der Waals surface area contributed by atoms with E-state index in [4.69, 9.17) is 11.6 Å². The van der Waals surface area contributed by atoms with E-state index in [1.54, 1.807) is 0 Å². The predicted octanol–water partition coefficient (Wildman–Crippen LogP) is 0.308. The first-order valence-electron chi connectivity index (χ1n) is 3.75. The monoisotopic (exact) mass is 199 g/mol. The molecule has 2 rings (SSSR count). The first-order chi connectivity index (χ1) is 6.16. The third kappa shape index (κ3) is 1.42. The zero-order valence-corrected chi connectivity index (χ0v) is 7.31. The van der Waals surface area contributed by atoms with Gasteiger partial charge in [0.25, 0.3) is 5.56 Å². The van der Waals surface area contributed by atoms with E-state index in [0.29, 0.717) is 18.4 Å². The maximum atomic E-state index is 11.3. The molecule has 0 saturated carbocycles. The molecule has 0 aromatic carbocycles. The summed E-state index contributed by atoms with van der Waals surface area (Å²) in [4.78, 5) is 28.4. The molecule has 1 aliphatic heterocycles. The molecule has 0 unspecified atom stereocenters. The fourth-order valence-electron chi connectivity index (χ4n) is 1.24. The van der Waals surface area contributed by atoms with Crippen molar-refractivity contribution in [2.45, 2.75) is 12.8 Å². The molecule has 5 nitrogen and oxygen atoms in total. The van der Waals surface area contributed by atoms with Gasteiger partial charge in [0.05, 0.1) is 5.56 Å². The molecule has 2 heterocycles. The third-order valence-electron chi connectivity index (χ3n) is 1.85. The van der Waals surface area contributed by atoms with Crippen molar-refractivity contribution in [2.24, 2.45) is 0 Å². The zero-order valence-electron chi connectivity index (χ0n) is 6.56. The molecule has 13 heavy (non-hydrogen) atoms. The van der Waals surface area contributed by atoms with Gasteiger partial charge in [-0.3, -0.25) is 14.6 Å². The van der Waals surface area contributed by atoms with Crippen LogP contribution in [0, 0.1) is 0 Å². The molecule has 1 amide bonds. The highest BCUT2D eigenvalue weighted by Crippen LogP contribution is 2.16. The van der Waals surface area contributed by atoms with Gasteiger partial charge in [-0.25, -0.2) is 4.98 Å². The maximum absolute atomic E-state index is 11.3. The van der Waals surface area contributed by atoms with E-state index < -0.39 is 0 Å². The van der Waals surface area contributed by atoms with E-state index in [9.17, 15) is 9.59 Å². The van der Waals surface area contributed by atoms with Crippen LogP contribution in [0.15, 0.2) is 4.79 Å². The van der Waals surface area contributed by atoms with Crippen LogP contribution < -0.4 is 10.9 Å². The highest BCUT2D eigenvalue weighted by atomic mass is 35.5. The molecule has 1 aromatic heterocycles. The number of aromatic amines is 1.